The average molecular weight is 388 g/mol. The van der Waals surface area contributed by atoms with Crippen molar-refractivity contribution in [1.29, 1.82) is 0 Å². The van der Waals surface area contributed by atoms with Crippen LogP contribution in [0.1, 0.15) is 11.6 Å². The van der Waals surface area contributed by atoms with E-state index in [9.17, 15) is 14.4 Å². The number of halogens is 1. The van der Waals surface area contributed by atoms with Gasteiger partial charge in [0.05, 0.1) is 19.4 Å². The molecule has 0 spiro atoms. The normalized spacial score (nSPS) is 13.1. The number of carbonyl (C=O) groups is 2. The van der Waals surface area contributed by atoms with Crippen LogP contribution in [0.4, 0.5) is 10.5 Å². The second-order valence-electron chi connectivity index (χ2n) is 5.88. The van der Waals surface area contributed by atoms with Gasteiger partial charge in [0.25, 0.3) is 0 Å². The van der Waals surface area contributed by atoms with E-state index in [1.54, 1.807) is 36.4 Å². The molecule has 3 heterocycles. The summed E-state index contributed by atoms with van der Waals surface area (Å²) < 4.78 is 7.28. The second kappa shape index (κ2) is 6.76. The molecule has 0 radical (unpaired) electrons. The summed E-state index contributed by atoms with van der Waals surface area (Å²) in [6.45, 7) is -0.00408. The van der Waals surface area contributed by atoms with Gasteiger partial charge in [-0.25, -0.2) is 14.3 Å². The highest BCUT2D eigenvalue weighted by atomic mass is 35.5. The first kappa shape index (κ1) is 17.1. The standard InChI is InChI=1S/C17H14ClN5O4/c18-11-3-5-12(6-4-11)21-9-14-20-16(25)22(23(14)17(21)26)10-15(24)19-8-13-2-1-7-27-13/h1-7H,8-10H2,(H,19,24). The first-order valence-corrected chi connectivity index (χ1v) is 8.46. The van der Waals surface area contributed by atoms with E-state index < -0.39 is 17.6 Å². The molecule has 0 saturated carbocycles. The highest BCUT2D eigenvalue weighted by Crippen LogP contribution is 2.24. The van der Waals surface area contributed by atoms with Crippen molar-refractivity contribution < 1.29 is 14.0 Å². The Morgan fingerprint density at radius 3 is 2.70 bits per heavy atom. The Hall–Kier alpha value is -3.33. The Kier molecular flexibility index (Phi) is 4.28. The van der Waals surface area contributed by atoms with Gasteiger partial charge in [0.2, 0.25) is 5.91 Å². The van der Waals surface area contributed by atoms with Crippen LogP contribution >= 0.6 is 11.6 Å². The molecule has 27 heavy (non-hydrogen) atoms. The monoisotopic (exact) mass is 387 g/mol. The lowest BCUT2D eigenvalue weighted by Crippen LogP contribution is -2.38. The summed E-state index contributed by atoms with van der Waals surface area (Å²) >= 11 is 5.88. The van der Waals surface area contributed by atoms with E-state index in [2.05, 4.69) is 10.3 Å². The van der Waals surface area contributed by atoms with Crippen molar-refractivity contribution >= 4 is 29.2 Å². The molecule has 2 aromatic heterocycles. The van der Waals surface area contributed by atoms with Crippen molar-refractivity contribution in [1.82, 2.24) is 19.7 Å². The molecule has 0 fully saturated rings. The average Bonchev–Trinajstić information content (AvgIpc) is 3.34. The molecule has 1 aliphatic rings. The van der Waals surface area contributed by atoms with Gasteiger partial charge in [-0.2, -0.15) is 9.67 Å². The van der Waals surface area contributed by atoms with Gasteiger partial charge >= 0.3 is 11.7 Å². The Bertz CT molecular complexity index is 1050. The van der Waals surface area contributed by atoms with Crippen LogP contribution in [0.2, 0.25) is 5.02 Å². The van der Waals surface area contributed by atoms with Crippen molar-refractivity contribution in [2.75, 3.05) is 4.90 Å². The van der Waals surface area contributed by atoms with Crippen molar-refractivity contribution in [3.8, 4) is 0 Å². The van der Waals surface area contributed by atoms with E-state index in [1.165, 1.54) is 11.2 Å². The Morgan fingerprint density at radius 2 is 2.00 bits per heavy atom. The van der Waals surface area contributed by atoms with Gasteiger partial charge in [0.15, 0.2) is 5.82 Å². The maximum atomic E-state index is 12.8. The van der Waals surface area contributed by atoms with E-state index in [0.29, 0.717) is 16.5 Å². The fraction of sp³-hybridized carbons (Fsp3) is 0.176. The highest BCUT2D eigenvalue weighted by Gasteiger charge is 2.33. The lowest BCUT2D eigenvalue weighted by atomic mass is 10.3. The number of carbonyl (C=O) groups excluding carboxylic acids is 2. The van der Waals surface area contributed by atoms with Crippen molar-refractivity contribution in [3.05, 3.63) is 69.8 Å². The Balaban J connectivity index is 1.52. The molecule has 1 aromatic carbocycles. The molecule has 0 atom stereocenters. The molecule has 2 amide bonds. The van der Waals surface area contributed by atoms with Gasteiger partial charge in [0, 0.05) is 10.7 Å². The third-order valence-corrected chi connectivity index (χ3v) is 4.37. The predicted molar refractivity (Wildman–Crippen MR) is 95.5 cm³/mol. The minimum absolute atomic E-state index is 0.136. The van der Waals surface area contributed by atoms with Crippen LogP contribution in [0.5, 0.6) is 0 Å². The minimum Gasteiger partial charge on any atom is -0.467 e. The number of nitrogens with one attached hydrogen (secondary N) is 1. The molecule has 0 bridgehead atoms. The molecule has 1 aliphatic heterocycles. The summed E-state index contributed by atoms with van der Waals surface area (Å²) in [5.41, 5.74) is -0.0292. The quantitative estimate of drug-likeness (QED) is 0.716. The summed E-state index contributed by atoms with van der Waals surface area (Å²) in [6, 6.07) is 9.70. The number of hydrogen-bond acceptors (Lipinski definition) is 5. The van der Waals surface area contributed by atoms with Gasteiger partial charge in [-0.3, -0.25) is 9.69 Å². The molecule has 0 unspecified atom stereocenters. The zero-order valence-electron chi connectivity index (χ0n) is 14.0. The van der Waals surface area contributed by atoms with Crippen LogP contribution < -0.4 is 15.9 Å². The molecule has 10 heteroatoms. The third-order valence-electron chi connectivity index (χ3n) is 4.11. The SMILES string of the molecule is O=C(Cn1c(=O)nc2n1C(=O)N(c1ccc(Cl)cc1)C2)NCc1ccco1. The van der Waals surface area contributed by atoms with Crippen molar-refractivity contribution in [2.24, 2.45) is 0 Å². The fourth-order valence-electron chi connectivity index (χ4n) is 2.83. The summed E-state index contributed by atoms with van der Waals surface area (Å²) in [7, 11) is 0. The summed E-state index contributed by atoms with van der Waals surface area (Å²) in [5.74, 6) is 0.423. The summed E-state index contributed by atoms with van der Waals surface area (Å²) in [4.78, 5) is 42.3. The van der Waals surface area contributed by atoms with E-state index >= 15 is 0 Å². The number of nitrogens with zero attached hydrogens (tertiary/aromatic N) is 4. The van der Waals surface area contributed by atoms with Crippen LogP contribution in [0, 0.1) is 0 Å². The molecule has 9 nitrogen and oxygen atoms in total. The highest BCUT2D eigenvalue weighted by molar-refractivity contribution is 6.30. The maximum Gasteiger partial charge on any atom is 0.365 e. The molecule has 4 rings (SSSR count). The van der Waals surface area contributed by atoms with Gasteiger partial charge in [-0.1, -0.05) is 11.6 Å². The number of fused-ring (bicyclic) bond motifs is 1. The minimum atomic E-state index is -0.651. The summed E-state index contributed by atoms with van der Waals surface area (Å²) in [6.07, 6.45) is 1.50. The van der Waals surface area contributed by atoms with Crippen LogP contribution in [0.15, 0.2) is 51.9 Å². The third kappa shape index (κ3) is 3.24. The predicted octanol–water partition coefficient (Wildman–Crippen LogP) is 1.60. The van der Waals surface area contributed by atoms with E-state index in [1.807, 2.05) is 0 Å². The molecule has 138 valence electrons. The summed E-state index contributed by atoms with van der Waals surface area (Å²) in [5, 5.41) is 3.18. The molecule has 0 aliphatic carbocycles. The molecular formula is C17H14ClN5O4. The molecule has 3 aromatic rings. The van der Waals surface area contributed by atoms with Crippen molar-refractivity contribution in [3.63, 3.8) is 0 Å². The van der Waals surface area contributed by atoms with Crippen molar-refractivity contribution in [2.45, 2.75) is 19.6 Å². The fourth-order valence-corrected chi connectivity index (χ4v) is 2.96. The molecular weight excluding hydrogens is 374 g/mol. The number of furan rings is 1. The lowest BCUT2D eigenvalue weighted by molar-refractivity contribution is -0.122. The number of benzene rings is 1. The topological polar surface area (TPSA) is 102 Å². The first-order valence-electron chi connectivity index (χ1n) is 8.08. The maximum absolute atomic E-state index is 12.8. The Labute approximate surface area is 157 Å². The van der Waals surface area contributed by atoms with Crippen LogP contribution in [-0.2, 0) is 24.4 Å². The van der Waals surface area contributed by atoms with Gasteiger partial charge < -0.3 is 9.73 Å². The number of rotatable bonds is 5. The number of amides is 2. The van der Waals surface area contributed by atoms with Crippen LogP contribution in [0.25, 0.3) is 0 Å². The first-order chi connectivity index (χ1) is 13.0. The van der Waals surface area contributed by atoms with Gasteiger partial charge in [-0.05, 0) is 36.4 Å². The molecule has 1 N–H and O–H groups in total. The van der Waals surface area contributed by atoms with E-state index in [4.69, 9.17) is 16.0 Å². The lowest BCUT2D eigenvalue weighted by Gasteiger charge is -2.15. The second-order valence-corrected chi connectivity index (χ2v) is 6.32. The smallest absolute Gasteiger partial charge is 0.365 e. The van der Waals surface area contributed by atoms with Crippen LogP contribution in [-0.4, -0.2) is 26.3 Å². The zero-order valence-corrected chi connectivity index (χ0v) is 14.7. The number of hydrogen-bond donors (Lipinski definition) is 1. The molecule has 0 saturated heterocycles. The van der Waals surface area contributed by atoms with E-state index in [0.717, 1.165) is 9.36 Å². The largest absolute Gasteiger partial charge is 0.467 e. The zero-order chi connectivity index (χ0) is 19.0. The van der Waals surface area contributed by atoms with Gasteiger partial charge in [-0.15, -0.1) is 0 Å². The number of aromatic nitrogens is 3. The van der Waals surface area contributed by atoms with Gasteiger partial charge in [0.1, 0.15) is 12.3 Å². The number of anilines is 1. The van der Waals surface area contributed by atoms with E-state index in [-0.39, 0.29) is 25.5 Å². The Morgan fingerprint density at radius 1 is 1.22 bits per heavy atom. The van der Waals surface area contributed by atoms with Crippen LogP contribution in [0.3, 0.4) is 0 Å².